The number of hydrogen-bond donors (Lipinski definition) is 1. The average molecular weight is 330 g/mol. The Bertz CT molecular complexity index is 632. The van der Waals surface area contributed by atoms with Crippen LogP contribution in [0.1, 0.15) is 18.4 Å². The standard InChI is InChI=1S/C17H22N4O3/c18-16(22)12-20-7-4-8-21(10-9-20)17(23)15-11-14(19-24-15)13-5-2-1-3-6-13/h1-3,5-6,15H,4,7-12H2,(H2,18,22)/t15-/m1/s1. The first kappa shape index (κ1) is 16.4. The largest absolute Gasteiger partial charge is 0.382 e. The number of hydrogen-bond acceptors (Lipinski definition) is 5. The number of carbonyl (C=O) groups is 2. The lowest BCUT2D eigenvalue weighted by atomic mass is 10.0. The van der Waals surface area contributed by atoms with Crippen LogP contribution in [0.25, 0.3) is 0 Å². The van der Waals surface area contributed by atoms with Gasteiger partial charge in [0, 0.05) is 32.6 Å². The number of primary amides is 1. The molecule has 2 amide bonds. The van der Waals surface area contributed by atoms with Gasteiger partial charge < -0.3 is 15.5 Å². The first-order chi connectivity index (χ1) is 11.6. The van der Waals surface area contributed by atoms with Crippen molar-refractivity contribution in [1.82, 2.24) is 9.80 Å². The summed E-state index contributed by atoms with van der Waals surface area (Å²) >= 11 is 0. The molecule has 128 valence electrons. The van der Waals surface area contributed by atoms with Crippen LogP contribution in [0.2, 0.25) is 0 Å². The van der Waals surface area contributed by atoms with Crippen LogP contribution in [-0.4, -0.2) is 66.2 Å². The fraction of sp³-hybridized carbons (Fsp3) is 0.471. The van der Waals surface area contributed by atoms with Crippen LogP contribution in [0.4, 0.5) is 0 Å². The molecule has 0 aliphatic carbocycles. The van der Waals surface area contributed by atoms with Crippen LogP contribution in [0.3, 0.4) is 0 Å². The molecule has 1 aromatic rings. The molecule has 0 bridgehead atoms. The van der Waals surface area contributed by atoms with Gasteiger partial charge in [0.05, 0.1) is 12.3 Å². The summed E-state index contributed by atoms with van der Waals surface area (Å²) in [5.74, 6) is -0.375. The molecule has 7 heteroatoms. The molecule has 2 heterocycles. The minimum Gasteiger partial charge on any atom is -0.382 e. The molecular formula is C17H22N4O3. The van der Waals surface area contributed by atoms with Gasteiger partial charge in [0.2, 0.25) is 12.0 Å². The molecular weight excluding hydrogens is 308 g/mol. The number of carbonyl (C=O) groups excluding carboxylic acids is 2. The quantitative estimate of drug-likeness (QED) is 0.854. The summed E-state index contributed by atoms with van der Waals surface area (Å²) in [6.07, 6.45) is 0.755. The van der Waals surface area contributed by atoms with Crippen LogP contribution in [0.5, 0.6) is 0 Å². The highest BCUT2D eigenvalue weighted by Crippen LogP contribution is 2.19. The minimum atomic E-state index is -0.553. The molecule has 0 aromatic heterocycles. The first-order valence-electron chi connectivity index (χ1n) is 8.21. The Hall–Kier alpha value is -2.41. The lowest BCUT2D eigenvalue weighted by Crippen LogP contribution is -2.42. The van der Waals surface area contributed by atoms with Crippen LogP contribution >= 0.6 is 0 Å². The van der Waals surface area contributed by atoms with Crippen molar-refractivity contribution in [2.75, 3.05) is 32.7 Å². The third-order valence-corrected chi connectivity index (χ3v) is 4.33. The predicted octanol–water partition coefficient (Wildman–Crippen LogP) is 0.199. The number of oxime groups is 1. The van der Waals surface area contributed by atoms with Gasteiger partial charge in [0.15, 0.2) is 0 Å². The summed E-state index contributed by atoms with van der Waals surface area (Å²) < 4.78 is 0. The smallest absolute Gasteiger partial charge is 0.266 e. The molecule has 1 saturated heterocycles. The predicted molar refractivity (Wildman–Crippen MR) is 89.3 cm³/mol. The van der Waals surface area contributed by atoms with Gasteiger partial charge >= 0.3 is 0 Å². The molecule has 2 aliphatic heterocycles. The Morgan fingerprint density at radius 2 is 1.96 bits per heavy atom. The van der Waals surface area contributed by atoms with Crippen molar-refractivity contribution in [1.29, 1.82) is 0 Å². The molecule has 2 N–H and O–H groups in total. The Morgan fingerprint density at radius 3 is 2.71 bits per heavy atom. The summed E-state index contributed by atoms with van der Waals surface area (Å²) in [6, 6.07) is 9.74. The van der Waals surface area contributed by atoms with Crippen molar-refractivity contribution < 1.29 is 14.4 Å². The fourth-order valence-electron chi connectivity index (χ4n) is 3.08. The lowest BCUT2D eigenvalue weighted by molar-refractivity contribution is -0.141. The van der Waals surface area contributed by atoms with Gasteiger partial charge in [0.25, 0.3) is 5.91 Å². The highest BCUT2D eigenvalue weighted by Gasteiger charge is 2.33. The van der Waals surface area contributed by atoms with Crippen molar-refractivity contribution in [2.45, 2.75) is 18.9 Å². The van der Waals surface area contributed by atoms with Gasteiger partial charge in [-0.2, -0.15) is 0 Å². The van der Waals surface area contributed by atoms with E-state index in [9.17, 15) is 9.59 Å². The van der Waals surface area contributed by atoms with E-state index in [-0.39, 0.29) is 18.4 Å². The molecule has 1 atom stereocenters. The molecule has 3 rings (SSSR count). The topological polar surface area (TPSA) is 88.2 Å². The average Bonchev–Trinajstić information content (AvgIpc) is 2.96. The van der Waals surface area contributed by atoms with Gasteiger partial charge in [-0.1, -0.05) is 35.5 Å². The highest BCUT2D eigenvalue weighted by atomic mass is 16.6. The van der Waals surface area contributed by atoms with Crippen molar-refractivity contribution in [3.05, 3.63) is 35.9 Å². The number of rotatable bonds is 4. The normalized spacial score (nSPS) is 21.8. The van der Waals surface area contributed by atoms with Crippen molar-refractivity contribution in [2.24, 2.45) is 10.9 Å². The molecule has 0 spiro atoms. The van der Waals surface area contributed by atoms with E-state index < -0.39 is 6.10 Å². The zero-order chi connectivity index (χ0) is 16.9. The molecule has 0 saturated carbocycles. The number of nitrogens with two attached hydrogens (primary N) is 1. The summed E-state index contributed by atoms with van der Waals surface area (Å²) in [6.45, 7) is 2.89. The number of nitrogens with zero attached hydrogens (tertiary/aromatic N) is 3. The number of amides is 2. The second-order valence-electron chi connectivity index (χ2n) is 6.12. The number of benzene rings is 1. The van der Waals surface area contributed by atoms with Gasteiger partial charge in [-0.15, -0.1) is 0 Å². The maximum atomic E-state index is 12.7. The molecule has 24 heavy (non-hydrogen) atoms. The van der Waals surface area contributed by atoms with Crippen LogP contribution in [-0.2, 0) is 14.4 Å². The van der Waals surface area contributed by atoms with Gasteiger partial charge in [0.1, 0.15) is 0 Å². The fourth-order valence-corrected chi connectivity index (χ4v) is 3.08. The van der Waals surface area contributed by atoms with Gasteiger partial charge in [-0.3, -0.25) is 14.5 Å². The van der Waals surface area contributed by atoms with E-state index in [4.69, 9.17) is 10.6 Å². The molecule has 7 nitrogen and oxygen atoms in total. The van der Waals surface area contributed by atoms with Crippen molar-refractivity contribution >= 4 is 17.5 Å². The Morgan fingerprint density at radius 1 is 1.17 bits per heavy atom. The second kappa shape index (κ2) is 7.44. The molecule has 0 radical (unpaired) electrons. The minimum absolute atomic E-state index is 0.0365. The third-order valence-electron chi connectivity index (χ3n) is 4.33. The van der Waals surface area contributed by atoms with Crippen LogP contribution in [0, 0.1) is 0 Å². The van der Waals surface area contributed by atoms with E-state index in [0.29, 0.717) is 26.1 Å². The first-order valence-corrected chi connectivity index (χ1v) is 8.21. The lowest BCUT2D eigenvalue weighted by Gasteiger charge is -2.23. The SMILES string of the molecule is NC(=O)CN1CCCN(C(=O)[C@H]2CC(c3ccccc3)=NO2)CC1. The van der Waals surface area contributed by atoms with E-state index in [2.05, 4.69) is 5.16 Å². The Balaban J connectivity index is 1.55. The third kappa shape index (κ3) is 3.91. The highest BCUT2D eigenvalue weighted by molar-refractivity contribution is 6.04. The van der Waals surface area contributed by atoms with Crippen molar-refractivity contribution in [3.63, 3.8) is 0 Å². The van der Waals surface area contributed by atoms with Gasteiger partial charge in [-0.05, 0) is 12.0 Å². The van der Waals surface area contributed by atoms with E-state index in [1.54, 1.807) is 4.90 Å². The molecule has 2 aliphatic rings. The summed E-state index contributed by atoms with van der Waals surface area (Å²) in [4.78, 5) is 32.9. The molecule has 0 unspecified atom stereocenters. The van der Waals surface area contributed by atoms with E-state index >= 15 is 0 Å². The molecule has 1 fully saturated rings. The summed E-state index contributed by atoms with van der Waals surface area (Å²) in [7, 11) is 0. The zero-order valence-electron chi connectivity index (χ0n) is 13.6. The monoisotopic (exact) mass is 330 g/mol. The van der Waals surface area contributed by atoms with Crippen LogP contribution in [0.15, 0.2) is 35.5 Å². The maximum Gasteiger partial charge on any atom is 0.266 e. The zero-order valence-corrected chi connectivity index (χ0v) is 13.6. The van der Waals surface area contributed by atoms with E-state index in [1.165, 1.54) is 0 Å². The Labute approximate surface area is 141 Å². The van der Waals surface area contributed by atoms with Crippen molar-refractivity contribution in [3.8, 4) is 0 Å². The second-order valence-corrected chi connectivity index (χ2v) is 6.12. The summed E-state index contributed by atoms with van der Waals surface area (Å²) in [5, 5.41) is 4.08. The van der Waals surface area contributed by atoms with Crippen LogP contribution < -0.4 is 5.73 Å². The van der Waals surface area contributed by atoms with E-state index in [1.807, 2.05) is 35.2 Å². The molecule has 1 aromatic carbocycles. The van der Waals surface area contributed by atoms with Gasteiger partial charge in [-0.25, -0.2) is 0 Å². The van der Waals surface area contributed by atoms with E-state index in [0.717, 1.165) is 24.2 Å². The maximum absolute atomic E-state index is 12.7. The summed E-state index contributed by atoms with van der Waals surface area (Å²) in [5.41, 5.74) is 7.03. The Kier molecular flexibility index (Phi) is 5.10.